The molecule has 0 atom stereocenters. The number of nitrogens with zero attached hydrogens (tertiary/aromatic N) is 7. The minimum Gasteiger partial charge on any atom is -0.491 e. The summed E-state index contributed by atoms with van der Waals surface area (Å²) in [5.74, 6) is 1.31. The number of urea groups is 1. The molecule has 0 aliphatic rings. The van der Waals surface area contributed by atoms with E-state index in [1.807, 2.05) is 11.0 Å². The van der Waals surface area contributed by atoms with Crippen LogP contribution in [0.2, 0.25) is 0 Å². The molecule has 0 unspecified atom stereocenters. The summed E-state index contributed by atoms with van der Waals surface area (Å²) in [6.45, 7) is 10.9. The third-order valence-electron chi connectivity index (χ3n) is 5.01. The largest absolute Gasteiger partial charge is 0.491 e. The molecule has 3 rings (SSSR count). The van der Waals surface area contributed by atoms with Crippen LogP contribution in [0.4, 0.5) is 22.6 Å². The number of hydrogen-bond acceptors (Lipinski definition) is 14. The predicted octanol–water partition coefficient (Wildman–Crippen LogP) is 3.12. The molecular formula is C24H35ClN10O5S2. The van der Waals surface area contributed by atoms with Gasteiger partial charge in [0.2, 0.25) is 17.8 Å². The number of methoxy groups -OCH3 is 1. The molecule has 2 aromatic heterocycles. The smallest absolute Gasteiger partial charge is 0.335 e. The highest BCUT2D eigenvalue weighted by Crippen LogP contribution is 2.24. The Bertz CT molecular complexity index is 1460. The van der Waals surface area contributed by atoms with E-state index in [-0.39, 0.29) is 52.4 Å². The third kappa shape index (κ3) is 10.3. The normalized spacial score (nSPS) is 11.1. The van der Waals surface area contributed by atoms with Gasteiger partial charge in [-0.2, -0.15) is 29.9 Å². The Hall–Kier alpha value is -3.70. The number of aromatic nitrogens is 6. The molecule has 18 heteroatoms. The number of nitrogen functional groups attached to an aromatic ring is 1. The van der Waals surface area contributed by atoms with Crippen LogP contribution in [0.5, 0.6) is 11.8 Å². The maximum absolute atomic E-state index is 12.4. The number of rotatable bonds is 10. The molecule has 42 heavy (non-hydrogen) atoms. The topological polar surface area (TPSA) is 200 Å². The lowest BCUT2D eigenvalue weighted by atomic mass is 10.1. The van der Waals surface area contributed by atoms with Crippen molar-refractivity contribution >= 4 is 57.3 Å². The van der Waals surface area contributed by atoms with Gasteiger partial charge in [-0.3, -0.25) is 5.32 Å². The number of ether oxygens (including phenoxy) is 2. The van der Waals surface area contributed by atoms with Gasteiger partial charge in [0.05, 0.1) is 13.0 Å². The molecule has 2 heterocycles. The van der Waals surface area contributed by atoms with E-state index in [4.69, 9.17) is 26.8 Å². The van der Waals surface area contributed by atoms with E-state index in [2.05, 4.69) is 67.8 Å². The molecule has 0 saturated carbocycles. The van der Waals surface area contributed by atoms with Crippen molar-refractivity contribution in [2.24, 2.45) is 0 Å². The molecule has 0 spiro atoms. The van der Waals surface area contributed by atoms with Crippen LogP contribution in [0.1, 0.15) is 33.5 Å². The number of aryl methyl sites for hydroxylation is 1. The lowest BCUT2D eigenvalue weighted by Crippen LogP contribution is -2.42. The first kappa shape index (κ1) is 34.5. The van der Waals surface area contributed by atoms with Crippen LogP contribution in [0, 0.1) is 6.92 Å². The van der Waals surface area contributed by atoms with Gasteiger partial charge in [-0.15, -0.1) is 11.6 Å². The summed E-state index contributed by atoms with van der Waals surface area (Å²) in [7, 11) is -2.85. The lowest BCUT2D eigenvalue weighted by molar-refractivity contribution is 0.256. The van der Waals surface area contributed by atoms with Gasteiger partial charge in [0.15, 0.2) is 5.16 Å². The second-order valence-electron chi connectivity index (χ2n) is 9.13. The standard InChI is InChI=1S/C14H16ClN5O5S.C10H19N5S/c1-9-16-12(19-14(17-9)24-2)18-13(21)20-26(22,23)11-6-4-3-5-10(11)25-8-7-15;1-6-15(10(2,3)4)8-12-7(11)13-9(14-8)16-5/h3-6H,7-8H2,1-2H3,(H2,16,17,18,19,20,21);6H2,1-5H3,(H2,11,12,13,14). The van der Waals surface area contributed by atoms with Crippen molar-refractivity contribution < 1.29 is 22.7 Å². The van der Waals surface area contributed by atoms with Crippen molar-refractivity contribution in [2.45, 2.75) is 50.2 Å². The number of carbonyl (C=O) groups excluding carboxylic acids is 1. The minimum absolute atomic E-state index is 0.0181. The molecule has 0 radical (unpaired) electrons. The number of carbonyl (C=O) groups is 1. The molecule has 1 aromatic carbocycles. The summed E-state index contributed by atoms with van der Waals surface area (Å²) in [5, 5.41) is 2.87. The van der Waals surface area contributed by atoms with E-state index >= 15 is 0 Å². The van der Waals surface area contributed by atoms with E-state index in [0.717, 1.165) is 6.54 Å². The number of alkyl halides is 1. The van der Waals surface area contributed by atoms with Crippen LogP contribution >= 0.6 is 23.4 Å². The maximum atomic E-state index is 12.4. The van der Waals surface area contributed by atoms with Crippen LogP contribution < -0.4 is 30.1 Å². The Balaban J connectivity index is 0.000000330. The highest BCUT2D eigenvalue weighted by molar-refractivity contribution is 7.98. The first-order chi connectivity index (χ1) is 19.7. The van der Waals surface area contributed by atoms with E-state index in [0.29, 0.717) is 11.1 Å². The highest BCUT2D eigenvalue weighted by Gasteiger charge is 2.24. The summed E-state index contributed by atoms with van der Waals surface area (Å²) in [4.78, 5) is 38.1. The molecule has 0 saturated heterocycles. The average Bonchev–Trinajstić information content (AvgIpc) is 2.91. The predicted molar refractivity (Wildman–Crippen MR) is 162 cm³/mol. The molecular weight excluding hydrogens is 608 g/mol. The van der Waals surface area contributed by atoms with Gasteiger partial charge < -0.3 is 20.1 Å². The molecule has 230 valence electrons. The van der Waals surface area contributed by atoms with Crippen LogP contribution in [0.15, 0.2) is 34.3 Å². The third-order valence-corrected chi connectivity index (χ3v) is 7.08. The van der Waals surface area contributed by atoms with Gasteiger partial charge in [-0.05, 0) is 53.0 Å². The highest BCUT2D eigenvalue weighted by atomic mass is 35.5. The van der Waals surface area contributed by atoms with Crippen LogP contribution in [-0.2, 0) is 10.0 Å². The number of nitrogens with one attached hydrogen (secondary N) is 2. The summed E-state index contributed by atoms with van der Waals surface area (Å²) >= 11 is 7.01. The van der Waals surface area contributed by atoms with E-state index < -0.39 is 16.1 Å². The molecule has 2 amide bonds. The fourth-order valence-corrected chi connectivity index (χ4v) is 4.83. The zero-order valence-electron chi connectivity index (χ0n) is 24.4. The number of sulfonamides is 1. The van der Waals surface area contributed by atoms with Crippen molar-refractivity contribution in [1.29, 1.82) is 0 Å². The molecule has 0 fully saturated rings. The number of benzene rings is 1. The van der Waals surface area contributed by atoms with Crippen molar-refractivity contribution in [3.05, 3.63) is 30.1 Å². The summed E-state index contributed by atoms with van der Waals surface area (Å²) in [5.41, 5.74) is 5.64. The molecule has 0 bridgehead atoms. The summed E-state index contributed by atoms with van der Waals surface area (Å²) < 4.78 is 36.9. The molecule has 4 N–H and O–H groups in total. The number of halogens is 1. The average molecular weight is 643 g/mol. The van der Waals surface area contributed by atoms with Crippen molar-refractivity contribution in [3.63, 3.8) is 0 Å². The number of hydrogen-bond donors (Lipinski definition) is 3. The van der Waals surface area contributed by atoms with Gasteiger partial charge in [-0.1, -0.05) is 23.9 Å². The number of para-hydroxylation sites is 1. The molecule has 15 nitrogen and oxygen atoms in total. The Morgan fingerprint density at radius 3 is 2.40 bits per heavy atom. The maximum Gasteiger partial charge on any atom is 0.335 e. The van der Waals surface area contributed by atoms with Crippen molar-refractivity contribution in [2.75, 3.05) is 48.3 Å². The van der Waals surface area contributed by atoms with Crippen LogP contribution in [0.3, 0.4) is 0 Å². The van der Waals surface area contributed by atoms with E-state index in [9.17, 15) is 13.2 Å². The first-order valence-corrected chi connectivity index (χ1v) is 15.7. The second-order valence-corrected chi connectivity index (χ2v) is 11.9. The quantitative estimate of drug-likeness (QED) is 0.215. The number of amides is 2. The SMILES string of the molecule is CCN(c1nc(N)nc(SC)n1)C(C)(C)C.COc1nc(C)nc(NC(=O)NS(=O)(=O)c2ccccc2OCCCl)n1. The van der Waals surface area contributed by atoms with Crippen LogP contribution in [-0.4, -0.2) is 82.3 Å². The van der Waals surface area contributed by atoms with Gasteiger partial charge in [0.25, 0.3) is 10.0 Å². The Labute approximate surface area is 254 Å². The van der Waals surface area contributed by atoms with Gasteiger partial charge in [-0.25, -0.2) is 17.9 Å². The lowest BCUT2D eigenvalue weighted by Gasteiger charge is -2.34. The second kappa shape index (κ2) is 15.5. The van der Waals surface area contributed by atoms with Gasteiger partial charge in [0.1, 0.15) is 23.1 Å². The zero-order chi connectivity index (χ0) is 31.5. The molecule has 3 aromatic rings. The number of anilines is 3. The summed E-state index contributed by atoms with van der Waals surface area (Å²) in [6, 6.07) is 4.79. The van der Waals surface area contributed by atoms with Gasteiger partial charge in [0, 0.05) is 12.1 Å². The number of thioether (sulfide) groups is 1. The fraction of sp³-hybridized carbons (Fsp3) is 0.458. The number of nitrogens with two attached hydrogens (primary N) is 1. The summed E-state index contributed by atoms with van der Waals surface area (Å²) in [6.07, 6.45) is 1.92. The van der Waals surface area contributed by atoms with E-state index in [1.165, 1.54) is 37.1 Å². The Morgan fingerprint density at radius 2 is 1.81 bits per heavy atom. The van der Waals surface area contributed by atoms with Crippen molar-refractivity contribution in [1.82, 2.24) is 34.6 Å². The van der Waals surface area contributed by atoms with Crippen molar-refractivity contribution in [3.8, 4) is 11.8 Å². The van der Waals surface area contributed by atoms with Crippen LogP contribution in [0.25, 0.3) is 0 Å². The van der Waals surface area contributed by atoms with Gasteiger partial charge >= 0.3 is 12.0 Å². The van der Waals surface area contributed by atoms with E-state index in [1.54, 1.807) is 13.0 Å². The molecule has 0 aliphatic carbocycles. The Morgan fingerprint density at radius 1 is 1.12 bits per heavy atom. The minimum atomic E-state index is -4.20. The fourth-order valence-electron chi connectivity index (χ4n) is 3.34. The first-order valence-electron chi connectivity index (χ1n) is 12.5. The Kier molecular flexibility index (Phi) is 12.7. The zero-order valence-corrected chi connectivity index (χ0v) is 26.8. The monoisotopic (exact) mass is 642 g/mol. The molecule has 0 aliphatic heterocycles.